The molecule has 2 bridgehead atoms. The van der Waals surface area contributed by atoms with Crippen LogP contribution < -0.4 is 54.3 Å². The Morgan fingerprint density at radius 1 is 0.607 bits per heavy atom. The molecular weight excluding hydrogens is 1660 g/mol. The van der Waals surface area contributed by atoms with Crippen LogP contribution in [0, 0.1) is 33.6 Å². The molecular formula is C80H134BCl3F4O10P7RhSi+2. The molecule has 1 unspecified atom stereocenters. The van der Waals surface area contributed by atoms with E-state index in [9.17, 15) is 31.7 Å². The van der Waals surface area contributed by atoms with Crippen molar-refractivity contribution in [1.29, 1.82) is 0 Å². The summed E-state index contributed by atoms with van der Waals surface area (Å²) in [6.45, 7) is 67.1. The van der Waals surface area contributed by atoms with Gasteiger partial charge >= 0.3 is 39.3 Å². The largest absolute Gasteiger partial charge is 3.00 e. The van der Waals surface area contributed by atoms with Crippen molar-refractivity contribution in [2.45, 2.75) is 289 Å². The number of fused-ring (bicyclic) bond motifs is 6. The molecule has 0 fully saturated rings. The summed E-state index contributed by atoms with van der Waals surface area (Å²) in [6, 6.07) is 23.3. The van der Waals surface area contributed by atoms with Gasteiger partial charge in [0.15, 0.2) is 20.0 Å². The number of hydrogen-bond acceptors (Lipinski definition) is 10. The van der Waals surface area contributed by atoms with Crippen LogP contribution in [-0.4, -0.2) is 108 Å². The van der Waals surface area contributed by atoms with E-state index in [0.717, 1.165) is 23.3 Å². The molecule has 4 heterocycles. The maximum absolute atomic E-state index is 14.7. The van der Waals surface area contributed by atoms with Crippen molar-refractivity contribution in [3.8, 4) is 40.2 Å². The SMILES string of the molecule is C1=CC2C=CC1C2.CC(C)(C)[P@@]1(=O)COc2cccc(O)c21.COc1cccc2c1[P@@](=O)(C(C)(C)C)[C@H](P(=O)(C(C)(C)C)C(C)(C)C)O2.COc1cccc2c1[P@@](C(C)(C)C)[C@H](P(C(C)(C)C)C(C)(C)C)O2.Cc1cccc2c1[PH+](C(C)(C)C)[C@H]([PH+](C(C)(C)C)C(C)(C)C)O2.Cl[SiH](Cl)Cl.FB(F)F.[CH3-].[CH3-].[F-].[Rh+3]. The van der Waals surface area contributed by atoms with Gasteiger partial charge in [-0.3, -0.25) is 12.9 Å². The Labute approximate surface area is 680 Å². The van der Waals surface area contributed by atoms with E-state index in [-0.39, 0.29) is 85.3 Å². The van der Waals surface area contributed by atoms with Crippen LogP contribution in [0.3, 0.4) is 0 Å². The molecule has 4 aromatic rings. The molecule has 0 saturated carbocycles. The predicted molar refractivity (Wildman–Crippen MR) is 470 cm³/mol. The fraction of sp³-hybridized carbons (Fsp3) is 0.625. The fourth-order valence-corrected chi connectivity index (χ4v) is 52.3. The topological polar surface area (TPSA) is 127 Å². The number of phenols is 1. The second-order valence-corrected chi connectivity index (χ2v) is 71.2. The van der Waals surface area contributed by atoms with Gasteiger partial charge in [-0.1, -0.05) is 200 Å². The second kappa shape index (κ2) is 39.2. The predicted octanol–water partition coefficient (Wildman–Crippen LogP) is 23.1. The average Bonchev–Trinajstić information content (AvgIpc) is 1.59. The molecule has 10 rings (SSSR count). The van der Waals surface area contributed by atoms with Crippen LogP contribution in [0.4, 0.5) is 12.9 Å². The zero-order valence-corrected chi connectivity index (χ0v) is 82.6. The van der Waals surface area contributed by atoms with Gasteiger partial charge in [-0.2, -0.15) is 0 Å². The molecule has 1 N–H and O–H groups in total. The summed E-state index contributed by atoms with van der Waals surface area (Å²) < 4.78 is 108. The van der Waals surface area contributed by atoms with Crippen molar-refractivity contribution >= 4 is 122 Å². The Hall–Kier alpha value is -1.13. The number of allylic oxidation sites excluding steroid dienone is 4. The number of hydrogen-bond donors (Lipinski definition) is 1. The summed E-state index contributed by atoms with van der Waals surface area (Å²) in [4.78, 5) is 0. The quantitative estimate of drug-likeness (QED) is 0.0515. The van der Waals surface area contributed by atoms with Crippen molar-refractivity contribution in [3.05, 3.63) is 118 Å². The van der Waals surface area contributed by atoms with Crippen LogP contribution in [0.5, 0.6) is 40.2 Å². The van der Waals surface area contributed by atoms with Crippen LogP contribution in [0.2, 0.25) is 0 Å². The summed E-state index contributed by atoms with van der Waals surface area (Å²) in [5.74, 6) is 6.58. The normalized spacial score (nSPS) is 22.4. The first kappa shape index (κ1) is 106. The van der Waals surface area contributed by atoms with Crippen molar-refractivity contribution in [1.82, 2.24) is 0 Å². The molecule has 2 aliphatic carbocycles. The fourth-order valence-electron chi connectivity index (χ4n) is 15.2. The van der Waals surface area contributed by atoms with Gasteiger partial charge in [0.05, 0.1) is 48.2 Å². The number of ether oxygens (including phenoxy) is 6. The number of halogens is 7. The zero-order valence-electron chi connectivity index (χ0n) is 71.0. The van der Waals surface area contributed by atoms with Crippen LogP contribution >= 0.6 is 86.3 Å². The number of aromatic hydroxyl groups is 1. The van der Waals surface area contributed by atoms with Gasteiger partial charge in [0.1, 0.15) is 72.1 Å². The second-order valence-electron chi connectivity index (χ2n) is 37.2. The molecule has 612 valence electrons. The number of methoxy groups -OCH3 is 2. The molecule has 4 aromatic carbocycles. The van der Waals surface area contributed by atoms with E-state index >= 15 is 0 Å². The molecule has 107 heavy (non-hydrogen) atoms. The first-order valence-corrected chi connectivity index (χ1v) is 52.2. The van der Waals surface area contributed by atoms with E-state index in [2.05, 4.69) is 186 Å². The smallest absolute Gasteiger partial charge is 1.00 e. The molecule has 10 nitrogen and oxygen atoms in total. The maximum Gasteiger partial charge on any atom is 3.00 e. The molecule has 7 atom stereocenters. The molecule has 6 aliphatic rings. The van der Waals surface area contributed by atoms with Crippen molar-refractivity contribution in [2.75, 3.05) is 20.6 Å². The summed E-state index contributed by atoms with van der Waals surface area (Å²) in [5, 5.41) is 13.3. The van der Waals surface area contributed by atoms with Gasteiger partial charge in [-0.25, -0.2) is 0 Å². The summed E-state index contributed by atoms with van der Waals surface area (Å²) in [7, 11) is -11.7. The first-order valence-electron chi connectivity index (χ1n) is 35.6. The Morgan fingerprint density at radius 3 is 1.37 bits per heavy atom. The van der Waals surface area contributed by atoms with Gasteiger partial charge in [0, 0.05) is 20.6 Å². The Balaban J connectivity index is 0.00000131. The third-order valence-electron chi connectivity index (χ3n) is 18.9. The molecule has 0 saturated heterocycles. The van der Waals surface area contributed by atoms with E-state index in [1.807, 2.05) is 107 Å². The van der Waals surface area contributed by atoms with E-state index < -0.39 is 80.5 Å². The van der Waals surface area contributed by atoms with Crippen LogP contribution in [0.15, 0.2) is 97.1 Å². The van der Waals surface area contributed by atoms with Gasteiger partial charge in [0.2, 0.25) is 5.59 Å². The first-order chi connectivity index (χ1) is 46.3. The summed E-state index contributed by atoms with van der Waals surface area (Å²) >= 11 is 14.8. The molecule has 0 amide bonds. The molecule has 0 radical (unpaired) electrons. The Kier molecular flexibility index (Phi) is 38.8. The van der Waals surface area contributed by atoms with Crippen LogP contribution in [-0.2, 0) is 33.2 Å². The molecule has 4 aliphatic heterocycles. The third kappa shape index (κ3) is 25.0. The van der Waals surface area contributed by atoms with E-state index in [0.29, 0.717) is 48.9 Å². The molecule has 0 spiro atoms. The minimum Gasteiger partial charge on any atom is -1.00 e. The van der Waals surface area contributed by atoms with Gasteiger partial charge in [0.25, 0.3) is 0 Å². The minimum absolute atomic E-state index is 0. The molecule has 27 heteroatoms. The van der Waals surface area contributed by atoms with Crippen molar-refractivity contribution < 1.29 is 84.4 Å². The number of rotatable bonds is 5. The minimum atomic E-state index is -3.67. The number of aryl methyl sites for hydroxylation is 1. The zero-order chi connectivity index (χ0) is 79.7. The van der Waals surface area contributed by atoms with E-state index in [1.54, 1.807) is 37.7 Å². The number of phenolic OH excluding ortho intramolecular Hbond substituents is 1. The summed E-state index contributed by atoms with van der Waals surface area (Å²) in [5.41, 5.74) is 1.29. The average molecular weight is 1800 g/mol. The Morgan fingerprint density at radius 2 is 1.01 bits per heavy atom. The number of benzene rings is 4. The van der Waals surface area contributed by atoms with Crippen LogP contribution in [0.25, 0.3) is 0 Å². The Bertz CT molecular complexity index is 3660. The van der Waals surface area contributed by atoms with E-state index in [1.165, 1.54) is 23.0 Å². The summed E-state index contributed by atoms with van der Waals surface area (Å²) in [6.07, 6.45) is 10.7. The van der Waals surface area contributed by atoms with Crippen molar-refractivity contribution in [2.24, 2.45) is 11.8 Å². The van der Waals surface area contributed by atoms with Gasteiger partial charge in [-0.15, -0.1) is 33.2 Å². The maximum atomic E-state index is 14.7. The van der Waals surface area contributed by atoms with Crippen molar-refractivity contribution in [3.63, 3.8) is 0 Å². The van der Waals surface area contributed by atoms with E-state index in [4.69, 9.17) is 61.7 Å². The van der Waals surface area contributed by atoms with Crippen LogP contribution in [0.1, 0.15) is 220 Å². The third-order valence-corrected chi connectivity index (χ3v) is 50.0. The monoisotopic (exact) mass is 1790 g/mol. The molecule has 0 aromatic heterocycles. The van der Waals surface area contributed by atoms with Gasteiger partial charge < -0.3 is 66.8 Å². The standard InChI is InChI=1S/C20H34O4P2.C20H34O2P2.C20H34OP2.C11H15O3P.C7H8.2CH3.BF3.Cl3HSi.FH.Rh/c1-18(2,3)25(21)16-14(23-10)12-11-13-15(16)24-17(25)26(22,19(4,5)6)20(7,8)9;1-18(2,3)23-16-14(21-10)12-11-13-15(16)22-17(23)24(19(4,5)6)20(7,8)9;1-14-12-11-13-15-16(14)22(18(2,3)4)17(21-15)23(19(5,6)7)20(8,9)10;1-11(2,3)15(13)7-14-9-6-4-5-8(12)10(9)15;1-2-7-4-3-6(1)5-7;;;2-1(3)4;1-4(2)3;;/h11-13,17H,1-10H3;11-13,17H,1-10H3;11-13,17H,1-10H3;4-6,12H,7H2,1-3H3;1-4,6-7H,5H2;2*1H3;;4H;1H;/q;;;;;2*-1;;;;+3/p+1/t17-,25+;17-,23-;17-,22?;15-;;;;;;;/m1111......./s1. The van der Waals surface area contributed by atoms with Gasteiger partial charge in [-0.05, 0) is 167 Å².